The Kier molecular flexibility index (Phi) is 6.95. The van der Waals surface area contributed by atoms with Crippen LogP contribution in [0.4, 0.5) is 10.5 Å². The number of nitrogens with zero attached hydrogens (tertiary/aromatic N) is 2. The van der Waals surface area contributed by atoms with Crippen molar-refractivity contribution < 1.29 is 24.2 Å². The van der Waals surface area contributed by atoms with Gasteiger partial charge in [-0.15, -0.1) is 0 Å². The third-order valence-electron chi connectivity index (χ3n) is 6.49. The number of hydrogen-bond acceptors (Lipinski definition) is 6. The molecule has 1 aromatic heterocycles. The monoisotopic (exact) mass is 509 g/mol. The summed E-state index contributed by atoms with van der Waals surface area (Å²) in [7, 11) is 0. The quantitative estimate of drug-likeness (QED) is 0.307. The lowest BCUT2D eigenvalue weighted by atomic mass is 10.0. The third-order valence-corrected chi connectivity index (χ3v) is 6.49. The number of benzene rings is 3. The van der Waals surface area contributed by atoms with Crippen LogP contribution in [0.2, 0.25) is 0 Å². The summed E-state index contributed by atoms with van der Waals surface area (Å²) in [5, 5.41) is 9.16. The lowest BCUT2D eigenvalue weighted by Gasteiger charge is -2.23. The highest BCUT2D eigenvalue weighted by molar-refractivity contribution is 5.72. The van der Waals surface area contributed by atoms with Crippen LogP contribution in [-0.2, 0) is 22.5 Å². The maximum absolute atomic E-state index is 13.0. The number of nitrogens with two attached hydrogens (primary N) is 1. The van der Waals surface area contributed by atoms with Crippen LogP contribution in [0, 0.1) is 0 Å². The first-order chi connectivity index (χ1) is 18.4. The van der Waals surface area contributed by atoms with Crippen molar-refractivity contribution in [2.75, 3.05) is 5.73 Å². The Labute approximate surface area is 220 Å². The minimum Gasteiger partial charge on any atom is -0.481 e. The summed E-state index contributed by atoms with van der Waals surface area (Å²) >= 11 is 0. The van der Waals surface area contributed by atoms with Crippen LogP contribution >= 0.6 is 0 Å². The molecule has 4 aromatic rings. The average Bonchev–Trinajstić information content (AvgIpc) is 3.19. The van der Waals surface area contributed by atoms with Crippen LogP contribution in [0.15, 0.2) is 91.1 Å². The molecule has 0 bridgehead atoms. The molecule has 0 spiro atoms. The minimum atomic E-state index is -0.919. The van der Waals surface area contributed by atoms with Crippen molar-refractivity contribution in [1.82, 2.24) is 9.88 Å². The van der Waals surface area contributed by atoms with Gasteiger partial charge in [-0.25, -0.2) is 4.79 Å². The fraction of sp³-hybridized carbons (Fsp3) is 0.167. The van der Waals surface area contributed by atoms with Crippen LogP contribution in [0.1, 0.15) is 29.7 Å². The standard InChI is InChI=1S/C30H27N3O5/c1-19-29(21-7-3-2-4-8-21)38-30(36)33(19)18-23-16-22(26-12-11-24(31)17-32-26)10-13-27(23)37-25-9-5-6-20(14-25)15-28(34)35/h2-14,16-17,19,29H,15,18,31H2,1H3,(H,34,35). The maximum atomic E-state index is 13.0. The van der Waals surface area contributed by atoms with Crippen LogP contribution in [0.25, 0.3) is 11.3 Å². The molecule has 8 heteroatoms. The fourth-order valence-electron chi connectivity index (χ4n) is 4.54. The molecule has 0 aliphatic carbocycles. The molecule has 1 aliphatic rings. The van der Waals surface area contributed by atoms with E-state index in [1.165, 1.54) is 0 Å². The van der Waals surface area contributed by atoms with E-state index in [2.05, 4.69) is 4.98 Å². The summed E-state index contributed by atoms with van der Waals surface area (Å²) in [6.07, 6.45) is 0.696. The molecule has 5 rings (SSSR count). The van der Waals surface area contributed by atoms with Crippen molar-refractivity contribution >= 4 is 17.7 Å². The number of carbonyl (C=O) groups is 2. The predicted octanol–water partition coefficient (Wildman–Crippen LogP) is 5.83. The first-order valence-electron chi connectivity index (χ1n) is 12.2. The van der Waals surface area contributed by atoms with Crippen molar-refractivity contribution in [1.29, 1.82) is 0 Å². The second-order valence-electron chi connectivity index (χ2n) is 9.20. The number of nitrogen functional groups attached to an aromatic ring is 1. The van der Waals surface area contributed by atoms with Gasteiger partial charge >= 0.3 is 12.1 Å². The number of amides is 1. The topological polar surface area (TPSA) is 115 Å². The zero-order valence-corrected chi connectivity index (χ0v) is 20.8. The Morgan fingerprint density at radius 1 is 1.05 bits per heavy atom. The third kappa shape index (κ3) is 5.44. The van der Waals surface area contributed by atoms with E-state index in [0.29, 0.717) is 22.7 Å². The molecule has 0 radical (unpaired) electrons. The van der Waals surface area contributed by atoms with Gasteiger partial charge in [0.15, 0.2) is 0 Å². The Hall–Kier alpha value is -4.85. The highest BCUT2D eigenvalue weighted by Crippen LogP contribution is 2.36. The molecule has 0 saturated carbocycles. The molecule has 192 valence electrons. The second-order valence-corrected chi connectivity index (χ2v) is 9.20. The molecule has 8 nitrogen and oxygen atoms in total. The summed E-state index contributed by atoms with van der Waals surface area (Å²) < 4.78 is 12.0. The van der Waals surface area contributed by atoms with Crippen molar-refractivity contribution in [3.05, 3.63) is 108 Å². The molecule has 2 heterocycles. The molecule has 1 fully saturated rings. The lowest BCUT2D eigenvalue weighted by Crippen LogP contribution is -2.31. The first kappa shape index (κ1) is 24.8. The van der Waals surface area contributed by atoms with E-state index in [1.807, 2.05) is 61.5 Å². The molecule has 1 amide bonds. The van der Waals surface area contributed by atoms with Crippen molar-refractivity contribution in [2.24, 2.45) is 0 Å². The molecule has 3 N–H and O–H groups in total. The van der Waals surface area contributed by atoms with Gasteiger partial charge in [-0.1, -0.05) is 42.5 Å². The van der Waals surface area contributed by atoms with E-state index < -0.39 is 12.1 Å². The van der Waals surface area contributed by atoms with E-state index in [-0.39, 0.29) is 25.1 Å². The predicted molar refractivity (Wildman–Crippen MR) is 143 cm³/mol. The number of ether oxygens (including phenoxy) is 2. The number of anilines is 1. The lowest BCUT2D eigenvalue weighted by molar-refractivity contribution is -0.136. The highest BCUT2D eigenvalue weighted by Gasteiger charge is 2.39. The van der Waals surface area contributed by atoms with Crippen molar-refractivity contribution in [3.8, 4) is 22.8 Å². The summed E-state index contributed by atoms with van der Waals surface area (Å²) in [6.45, 7) is 2.21. The molecule has 1 aliphatic heterocycles. The smallest absolute Gasteiger partial charge is 0.411 e. The number of carbonyl (C=O) groups excluding carboxylic acids is 1. The SMILES string of the molecule is CC1C(c2ccccc2)OC(=O)N1Cc1cc(-c2ccc(N)cn2)ccc1Oc1cccc(CC(=O)O)c1. The zero-order valence-electron chi connectivity index (χ0n) is 20.8. The summed E-state index contributed by atoms with van der Waals surface area (Å²) in [5.41, 5.74) is 10.3. The average molecular weight is 510 g/mol. The Morgan fingerprint density at radius 2 is 1.87 bits per heavy atom. The first-order valence-corrected chi connectivity index (χ1v) is 12.2. The normalized spacial score (nSPS) is 16.8. The van der Waals surface area contributed by atoms with Crippen molar-refractivity contribution in [3.63, 3.8) is 0 Å². The van der Waals surface area contributed by atoms with Gasteiger partial charge in [-0.3, -0.25) is 14.7 Å². The molecular formula is C30H27N3O5. The Balaban J connectivity index is 1.48. The van der Waals surface area contributed by atoms with Gasteiger partial charge in [0.05, 0.1) is 36.6 Å². The highest BCUT2D eigenvalue weighted by atomic mass is 16.6. The van der Waals surface area contributed by atoms with Gasteiger partial charge in [0.2, 0.25) is 0 Å². The van der Waals surface area contributed by atoms with E-state index in [1.54, 1.807) is 41.4 Å². The van der Waals surface area contributed by atoms with E-state index >= 15 is 0 Å². The summed E-state index contributed by atoms with van der Waals surface area (Å²) in [4.78, 5) is 30.2. The largest absolute Gasteiger partial charge is 0.481 e. The second kappa shape index (κ2) is 10.6. The van der Waals surface area contributed by atoms with Gasteiger partial charge in [0.1, 0.15) is 17.6 Å². The van der Waals surface area contributed by atoms with Crippen LogP contribution in [0.3, 0.4) is 0 Å². The number of carboxylic acids is 1. The van der Waals surface area contributed by atoms with Crippen LogP contribution < -0.4 is 10.5 Å². The molecule has 1 saturated heterocycles. The number of aliphatic carboxylic acids is 1. The van der Waals surface area contributed by atoms with E-state index in [0.717, 1.165) is 22.4 Å². The number of aromatic nitrogens is 1. The van der Waals surface area contributed by atoms with E-state index in [9.17, 15) is 9.59 Å². The van der Waals surface area contributed by atoms with Crippen molar-refractivity contribution in [2.45, 2.75) is 32.0 Å². The summed E-state index contributed by atoms with van der Waals surface area (Å²) in [5.74, 6) is 0.125. The Morgan fingerprint density at radius 3 is 2.61 bits per heavy atom. The van der Waals surface area contributed by atoms with Crippen LogP contribution in [0.5, 0.6) is 11.5 Å². The molecule has 2 atom stereocenters. The number of rotatable bonds is 8. The number of carboxylic acid groups (broad SMARTS) is 1. The summed E-state index contributed by atoms with van der Waals surface area (Å²) in [6, 6.07) is 25.7. The molecular weight excluding hydrogens is 482 g/mol. The van der Waals surface area contributed by atoms with Gasteiger partial charge < -0.3 is 20.3 Å². The van der Waals surface area contributed by atoms with Gasteiger partial charge in [0.25, 0.3) is 0 Å². The van der Waals surface area contributed by atoms with Gasteiger partial charge in [0, 0.05) is 11.1 Å². The number of hydrogen-bond donors (Lipinski definition) is 2. The van der Waals surface area contributed by atoms with Crippen LogP contribution in [-0.4, -0.2) is 33.1 Å². The molecule has 3 aromatic carbocycles. The number of cyclic esters (lactones) is 1. The molecule has 38 heavy (non-hydrogen) atoms. The minimum absolute atomic E-state index is 0.107. The maximum Gasteiger partial charge on any atom is 0.411 e. The van der Waals surface area contributed by atoms with E-state index in [4.69, 9.17) is 20.3 Å². The molecule has 2 unspecified atom stereocenters. The fourth-order valence-corrected chi connectivity index (χ4v) is 4.54. The zero-order chi connectivity index (χ0) is 26.6. The van der Waals surface area contributed by atoms with Gasteiger partial charge in [-0.05, 0) is 60.5 Å². The number of pyridine rings is 1. The Bertz CT molecular complexity index is 1460. The van der Waals surface area contributed by atoms with Gasteiger partial charge in [-0.2, -0.15) is 0 Å².